The monoisotopic (exact) mass is 682 g/mol. The largest absolute Gasteiger partial charge is 0.494 e. The fourth-order valence-corrected chi connectivity index (χ4v) is 5.91. The fourth-order valence-electron chi connectivity index (χ4n) is 5.91. The molecular weight excluding hydrogens is 647 g/mol. The topological polar surface area (TPSA) is 101 Å². The first-order valence-electron chi connectivity index (χ1n) is 15.5. The molecule has 4 aromatic rings. The first kappa shape index (κ1) is 35.2. The van der Waals surface area contributed by atoms with Crippen molar-refractivity contribution in [1.29, 1.82) is 0 Å². The zero-order valence-electron chi connectivity index (χ0n) is 27.0. The summed E-state index contributed by atoms with van der Waals surface area (Å²) in [5.41, 5.74) is 1.51. The van der Waals surface area contributed by atoms with E-state index in [0.29, 0.717) is 31.7 Å². The number of hydrogen-bond donors (Lipinski definition) is 3. The molecule has 1 fully saturated rings. The number of methoxy groups -OCH3 is 1. The third kappa shape index (κ3) is 8.66. The lowest BCUT2D eigenvalue weighted by Gasteiger charge is -2.37. The normalized spacial score (nSPS) is 16.5. The number of carbonyl (C=O) groups is 2. The van der Waals surface area contributed by atoms with Gasteiger partial charge in [0.15, 0.2) is 0 Å². The molecule has 1 aromatic heterocycles. The summed E-state index contributed by atoms with van der Waals surface area (Å²) in [6.07, 6.45) is -2.86. The molecule has 3 N–H and O–H groups in total. The van der Waals surface area contributed by atoms with Crippen molar-refractivity contribution in [1.82, 2.24) is 25.1 Å². The number of alkyl halides is 3. The van der Waals surface area contributed by atoms with Crippen LogP contribution in [-0.4, -0.2) is 72.3 Å². The van der Waals surface area contributed by atoms with Crippen molar-refractivity contribution < 1.29 is 36.3 Å². The van der Waals surface area contributed by atoms with Crippen LogP contribution in [0, 0.1) is 29.4 Å². The van der Waals surface area contributed by atoms with Crippen LogP contribution in [0.1, 0.15) is 45.2 Å². The average molecular weight is 683 g/mol. The Bertz CT molecular complexity index is 1920. The van der Waals surface area contributed by atoms with E-state index >= 15 is 0 Å². The molecule has 2 amide bonds. The molecule has 5 rings (SSSR count). The highest BCUT2D eigenvalue weighted by Crippen LogP contribution is 2.29. The number of benzene rings is 3. The molecule has 2 heterocycles. The Hall–Kier alpha value is -5.16. The van der Waals surface area contributed by atoms with E-state index in [1.54, 1.807) is 6.07 Å². The van der Waals surface area contributed by atoms with Gasteiger partial charge in [-0.1, -0.05) is 30.9 Å². The van der Waals surface area contributed by atoms with Crippen molar-refractivity contribution in [2.75, 3.05) is 39.1 Å². The first-order chi connectivity index (χ1) is 23.3. The lowest BCUT2D eigenvalue weighted by Crippen LogP contribution is -2.49. The van der Waals surface area contributed by atoms with Gasteiger partial charge >= 0.3 is 6.18 Å². The molecular formula is C35H35F5N6O3. The summed E-state index contributed by atoms with van der Waals surface area (Å²) in [5.74, 6) is 3.72. The Morgan fingerprint density at radius 1 is 1.08 bits per heavy atom. The van der Waals surface area contributed by atoms with Crippen molar-refractivity contribution in [3.05, 3.63) is 88.7 Å². The summed E-state index contributed by atoms with van der Waals surface area (Å²) in [6.45, 7) is 2.56. The Kier molecular flexibility index (Phi) is 10.7. The van der Waals surface area contributed by atoms with Crippen molar-refractivity contribution in [2.45, 2.75) is 38.7 Å². The summed E-state index contributed by atoms with van der Waals surface area (Å²) < 4.78 is 74.4. The van der Waals surface area contributed by atoms with E-state index in [9.17, 15) is 31.5 Å². The third-order valence-corrected chi connectivity index (χ3v) is 8.28. The maximum atomic E-state index is 14.4. The molecule has 3 aromatic carbocycles. The predicted molar refractivity (Wildman–Crippen MR) is 174 cm³/mol. The van der Waals surface area contributed by atoms with E-state index in [0.717, 1.165) is 22.5 Å². The molecule has 2 atom stereocenters. The number of nitrogens with zero attached hydrogens (tertiary/aromatic N) is 3. The molecule has 1 aliphatic heterocycles. The van der Waals surface area contributed by atoms with Crippen molar-refractivity contribution in [2.24, 2.45) is 5.92 Å². The van der Waals surface area contributed by atoms with Gasteiger partial charge in [0.1, 0.15) is 29.4 Å². The molecule has 0 aliphatic carbocycles. The van der Waals surface area contributed by atoms with E-state index in [1.165, 1.54) is 44.5 Å². The molecule has 1 aliphatic rings. The second-order valence-electron chi connectivity index (χ2n) is 11.9. The number of aromatic nitrogens is 2. The number of ether oxygens (including phenoxy) is 1. The second kappa shape index (κ2) is 14.9. The Morgan fingerprint density at radius 3 is 2.57 bits per heavy atom. The highest BCUT2D eigenvalue weighted by atomic mass is 19.4. The fraction of sp³-hybridized carbons (Fsp3) is 0.343. The van der Waals surface area contributed by atoms with Crippen LogP contribution in [0.15, 0.2) is 54.9 Å². The van der Waals surface area contributed by atoms with Crippen molar-refractivity contribution >= 4 is 28.5 Å². The van der Waals surface area contributed by atoms with E-state index < -0.39 is 30.4 Å². The van der Waals surface area contributed by atoms with Crippen LogP contribution in [0.4, 0.5) is 27.6 Å². The Labute approximate surface area is 279 Å². The van der Waals surface area contributed by atoms with Gasteiger partial charge < -0.3 is 25.3 Å². The molecule has 49 heavy (non-hydrogen) atoms. The molecule has 0 unspecified atom stereocenters. The molecule has 9 nitrogen and oxygen atoms in total. The van der Waals surface area contributed by atoms with Crippen LogP contribution in [0.5, 0.6) is 5.75 Å². The summed E-state index contributed by atoms with van der Waals surface area (Å²) >= 11 is 0. The number of hydrogen-bond acceptors (Lipinski definition) is 6. The molecule has 14 heteroatoms. The van der Waals surface area contributed by atoms with Gasteiger partial charge in [-0.15, -0.1) is 0 Å². The SMILES string of the molecule is CNC(=O)c1cc(NCC#Cc2cc(C(=O)N[C@H]3CCN(Cc4cccc(F)c4)C[C@@H]3C)c3ncn(CC(F)(F)F)c3c2)c(OC)cc1F. The second-order valence-corrected chi connectivity index (χ2v) is 11.9. The van der Waals surface area contributed by atoms with E-state index in [2.05, 4.69) is 37.7 Å². The van der Waals surface area contributed by atoms with Gasteiger partial charge in [-0.3, -0.25) is 14.5 Å². The van der Waals surface area contributed by atoms with Gasteiger partial charge in [0.2, 0.25) is 0 Å². The molecule has 0 saturated carbocycles. The Balaban J connectivity index is 1.35. The number of carbonyl (C=O) groups excluding carboxylic acids is 2. The number of anilines is 1. The van der Waals surface area contributed by atoms with Gasteiger partial charge in [0.05, 0.1) is 42.3 Å². The van der Waals surface area contributed by atoms with Gasteiger partial charge in [-0.05, 0) is 48.2 Å². The number of halogens is 5. The quantitative estimate of drug-likeness (QED) is 0.163. The molecule has 1 saturated heterocycles. The highest BCUT2D eigenvalue weighted by Gasteiger charge is 2.31. The molecule has 0 spiro atoms. The van der Waals surface area contributed by atoms with Crippen molar-refractivity contribution in [3.8, 4) is 17.6 Å². The minimum Gasteiger partial charge on any atom is -0.494 e. The summed E-state index contributed by atoms with van der Waals surface area (Å²) in [4.78, 5) is 32.1. The van der Waals surface area contributed by atoms with Gasteiger partial charge in [0, 0.05) is 44.4 Å². The number of piperidine rings is 1. The lowest BCUT2D eigenvalue weighted by atomic mass is 9.93. The van der Waals surface area contributed by atoms with Crippen molar-refractivity contribution in [3.63, 3.8) is 0 Å². The number of nitrogens with one attached hydrogen (secondary N) is 3. The van der Waals surface area contributed by atoms with Crippen LogP contribution in [0.25, 0.3) is 11.0 Å². The minimum absolute atomic E-state index is 0.0116. The minimum atomic E-state index is -4.53. The van der Waals surface area contributed by atoms with E-state index in [1.807, 2.05) is 13.0 Å². The van der Waals surface area contributed by atoms with Gasteiger partial charge in [-0.25, -0.2) is 13.8 Å². The number of fused-ring (bicyclic) bond motifs is 1. The van der Waals surface area contributed by atoms with E-state index in [-0.39, 0.29) is 57.8 Å². The maximum absolute atomic E-state index is 14.4. The molecule has 258 valence electrons. The van der Waals surface area contributed by atoms with Crippen LogP contribution in [0.2, 0.25) is 0 Å². The molecule has 0 radical (unpaired) electrons. The Morgan fingerprint density at radius 2 is 1.88 bits per heavy atom. The summed E-state index contributed by atoms with van der Waals surface area (Å²) in [7, 11) is 2.71. The van der Waals surface area contributed by atoms with E-state index in [4.69, 9.17) is 4.74 Å². The van der Waals surface area contributed by atoms with Gasteiger partial charge in [0.25, 0.3) is 11.8 Å². The third-order valence-electron chi connectivity index (χ3n) is 8.28. The zero-order chi connectivity index (χ0) is 35.3. The lowest BCUT2D eigenvalue weighted by molar-refractivity contribution is -0.140. The highest BCUT2D eigenvalue weighted by molar-refractivity contribution is 6.05. The predicted octanol–water partition coefficient (Wildman–Crippen LogP) is 5.35. The zero-order valence-corrected chi connectivity index (χ0v) is 27.0. The standard InChI is InChI=1S/C35H35F5N6O3/c1-21-17-45(18-23-6-4-8-24(36)12-23)11-9-28(21)44-34(48)26-13-22(14-30-32(26)43-20-46(30)19-35(38,39)40)7-5-10-42-29-15-25(33(47)41-2)27(37)16-31(29)49-3/h4,6,8,12-16,20-21,28,42H,9-11,17-19H2,1-3H3,(H,41,47)(H,44,48)/t21-,28-/m0/s1. The first-order valence-corrected chi connectivity index (χ1v) is 15.5. The number of likely N-dealkylation sites (tertiary alicyclic amines) is 1. The smallest absolute Gasteiger partial charge is 0.406 e. The number of imidazole rings is 1. The number of rotatable bonds is 9. The number of amides is 2. The van der Waals surface area contributed by atoms with Crippen LogP contribution in [-0.2, 0) is 13.1 Å². The van der Waals surface area contributed by atoms with Crippen LogP contribution in [0.3, 0.4) is 0 Å². The summed E-state index contributed by atoms with van der Waals surface area (Å²) in [6, 6.07) is 11.5. The summed E-state index contributed by atoms with van der Waals surface area (Å²) in [5, 5.41) is 8.37. The van der Waals surface area contributed by atoms with Gasteiger partial charge in [-0.2, -0.15) is 13.2 Å². The van der Waals surface area contributed by atoms with Crippen LogP contribution < -0.4 is 20.7 Å². The molecule has 0 bridgehead atoms. The van der Waals surface area contributed by atoms with Crippen LogP contribution >= 0.6 is 0 Å². The average Bonchev–Trinajstić information content (AvgIpc) is 3.44. The maximum Gasteiger partial charge on any atom is 0.406 e.